The molecule has 0 saturated carbocycles. The third-order valence-electron chi connectivity index (χ3n) is 3.58. The summed E-state index contributed by atoms with van der Waals surface area (Å²) in [5.74, 6) is 0. The van der Waals surface area contributed by atoms with E-state index in [0.717, 1.165) is 0 Å². The molecule has 4 N–H and O–H groups in total. The van der Waals surface area contributed by atoms with E-state index in [1.165, 1.54) is 0 Å². The minimum absolute atomic E-state index is 0.0625. The lowest BCUT2D eigenvalue weighted by molar-refractivity contribution is -0.0409. The van der Waals surface area contributed by atoms with Gasteiger partial charge in [-0.2, -0.15) is 0 Å². The van der Waals surface area contributed by atoms with Crippen LogP contribution in [0.15, 0.2) is 0 Å². The average Bonchev–Trinajstić information content (AvgIpc) is 2.33. The van der Waals surface area contributed by atoms with Crippen LogP contribution in [0, 0.1) is 0 Å². The van der Waals surface area contributed by atoms with Crippen molar-refractivity contribution in [1.82, 2.24) is 9.80 Å². The Hall–Kier alpha value is -0.280. The Balaban J connectivity index is 4.49. The lowest BCUT2D eigenvalue weighted by Crippen LogP contribution is -2.44. The Labute approximate surface area is 153 Å². The van der Waals surface area contributed by atoms with E-state index in [9.17, 15) is 20.4 Å². The summed E-state index contributed by atoms with van der Waals surface area (Å²) in [6.45, 7) is 14.1. The Morgan fingerprint density at radius 2 is 0.760 bits per heavy atom. The second kappa shape index (κ2) is 13.0. The van der Waals surface area contributed by atoms with Gasteiger partial charge < -0.3 is 25.2 Å². The zero-order valence-corrected chi connectivity index (χ0v) is 16.8. The smallest absolute Gasteiger partial charge is 0.0678 e. The highest BCUT2D eigenvalue weighted by atomic mass is 16.5. The Morgan fingerprint density at radius 1 is 0.520 bits per heavy atom. The Kier molecular flexibility index (Phi) is 12.8. The maximum atomic E-state index is 9.60. The molecule has 0 bridgehead atoms. The van der Waals surface area contributed by atoms with Crippen molar-refractivity contribution < 1.29 is 25.2 Å². The SMILES string of the molecule is CC(O)CN(CC(C)O)CC(C)OC(C)CN(CC(C)O)CC(C)O. The van der Waals surface area contributed by atoms with Crippen LogP contribution in [0.5, 0.6) is 0 Å². The van der Waals surface area contributed by atoms with Crippen molar-refractivity contribution in [2.24, 2.45) is 0 Å². The molecule has 6 atom stereocenters. The predicted molar refractivity (Wildman–Crippen MR) is 99.6 cm³/mol. The van der Waals surface area contributed by atoms with E-state index >= 15 is 0 Å². The van der Waals surface area contributed by atoms with Crippen molar-refractivity contribution in [3.8, 4) is 0 Å². The molecule has 0 heterocycles. The van der Waals surface area contributed by atoms with Crippen molar-refractivity contribution in [3.05, 3.63) is 0 Å². The van der Waals surface area contributed by atoms with Gasteiger partial charge >= 0.3 is 0 Å². The topological polar surface area (TPSA) is 96.6 Å². The molecule has 6 unspecified atom stereocenters. The first-order valence-electron chi connectivity index (χ1n) is 9.32. The van der Waals surface area contributed by atoms with Gasteiger partial charge in [-0.1, -0.05) is 0 Å². The number of hydrogen-bond donors (Lipinski definition) is 4. The van der Waals surface area contributed by atoms with E-state index < -0.39 is 24.4 Å². The van der Waals surface area contributed by atoms with Crippen LogP contribution in [0.2, 0.25) is 0 Å². The van der Waals surface area contributed by atoms with E-state index in [0.29, 0.717) is 39.3 Å². The summed E-state index contributed by atoms with van der Waals surface area (Å²) in [5, 5.41) is 38.4. The van der Waals surface area contributed by atoms with Crippen LogP contribution in [0.25, 0.3) is 0 Å². The van der Waals surface area contributed by atoms with Gasteiger partial charge in [-0.15, -0.1) is 0 Å². The Morgan fingerprint density at radius 3 is 0.960 bits per heavy atom. The van der Waals surface area contributed by atoms with Crippen LogP contribution in [-0.2, 0) is 4.74 Å². The number of aliphatic hydroxyl groups excluding tert-OH is 4. The van der Waals surface area contributed by atoms with E-state index in [1.807, 2.05) is 23.6 Å². The highest BCUT2D eigenvalue weighted by Gasteiger charge is 2.19. The molecule has 0 rings (SSSR count). The van der Waals surface area contributed by atoms with Gasteiger partial charge in [0.05, 0.1) is 36.6 Å². The molecule has 0 aliphatic heterocycles. The van der Waals surface area contributed by atoms with Crippen LogP contribution in [-0.4, -0.2) is 106 Å². The molecule has 0 spiro atoms. The second-order valence-corrected chi connectivity index (χ2v) is 7.59. The van der Waals surface area contributed by atoms with Gasteiger partial charge in [0.25, 0.3) is 0 Å². The van der Waals surface area contributed by atoms with Crippen LogP contribution in [0.3, 0.4) is 0 Å². The van der Waals surface area contributed by atoms with Gasteiger partial charge in [0.15, 0.2) is 0 Å². The second-order valence-electron chi connectivity index (χ2n) is 7.59. The van der Waals surface area contributed by atoms with Gasteiger partial charge in [-0.25, -0.2) is 0 Å². The van der Waals surface area contributed by atoms with E-state index in [2.05, 4.69) is 0 Å². The van der Waals surface area contributed by atoms with E-state index in [4.69, 9.17) is 4.74 Å². The summed E-state index contributed by atoms with van der Waals surface area (Å²) in [6.07, 6.45) is -1.97. The van der Waals surface area contributed by atoms with E-state index in [-0.39, 0.29) is 12.2 Å². The summed E-state index contributed by atoms with van der Waals surface area (Å²) in [5.41, 5.74) is 0. The maximum absolute atomic E-state index is 9.60. The average molecular weight is 365 g/mol. The molecular weight excluding hydrogens is 324 g/mol. The lowest BCUT2D eigenvalue weighted by Gasteiger charge is -2.32. The zero-order chi connectivity index (χ0) is 19.6. The normalized spacial score (nSPS) is 19.7. The molecule has 152 valence electrons. The van der Waals surface area contributed by atoms with Crippen molar-refractivity contribution in [3.63, 3.8) is 0 Å². The molecule has 0 amide bonds. The standard InChI is InChI=1S/C18H40N2O5/c1-13(21)7-19(8-14(2)22)11-17(5)25-18(6)12-20(9-15(3)23)10-16(4)24/h13-18,21-24H,7-12H2,1-6H3. The monoisotopic (exact) mass is 364 g/mol. The van der Waals surface area contributed by atoms with E-state index in [1.54, 1.807) is 27.7 Å². The quantitative estimate of drug-likeness (QED) is 0.342. The number of aliphatic hydroxyl groups is 4. The van der Waals surface area contributed by atoms with Crippen molar-refractivity contribution in [1.29, 1.82) is 0 Å². The third-order valence-corrected chi connectivity index (χ3v) is 3.58. The number of nitrogens with zero attached hydrogens (tertiary/aromatic N) is 2. The molecular formula is C18H40N2O5. The molecule has 0 aromatic carbocycles. The molecule has 0 aliphatic rings. The molecule has 0 radical (unpaired) electrons. The van der Waals surface area contributed by atoms with Gasteiger partial charge in [0, 0.05) is 39.3 Å². The molecule has 0 aromatic heterocycles. The summed E-state index contributed by atoms with van der Waals surface area (Å²) >= 11 is 0. The molecule has 25 heavy (non-hydrogen) atoms. The minimum Gasteiger partial charge on any atom is -0.392 e. The molecule has 7 nitrogen and oxygen atoms in total. The molecule has 0 saturated heterocycles. The fourth-order valence-electron chi connectivity index (χ4n) is 3.15. The minimum atomic E-state index is -0.462. The first-order valence-corrected chi connectivity index (χ1v) is 9.32. The number of ether oxygens (including phenoxy) is 1. The van der Waals surface area contributed by atoms with Crippen LogP contribution >= 0.6 is 0 Å². The number of hydrogen-bond acceptors (Lipinski definition) is 7. The summed E-state index contributed by atoms with van der Waals surface area (Å²) in [4.78, 5) is 3.99. The summed E-state index contributed by atoms with van der Waals surface area (Å²) < 4.78 is 6.03. The number of rotatable bonds is 14. The highest BCUT2D eigenvalue weighted by molar-refractivity contribution is 4.71. The van der Waals surface area contributed by atoms with Gasteiger partial charge in [0.1, 0.15) is 0 Å². The van der Waals surface area contributed by atoms with Gasteiger partial charge in [-0.05, 0) is 41.5 Å². The van der Waals surface area contributed by atoms with Gasteiger partial charge in [-0.3, -0.25) is 9.80 Å². The first-order chi connectivity index (χ1) is 11.5. The highest BCUT2D eigenvalue weighted by Crippen LogP contribution is 2.07. The zero-order valence-electron chi connectivity index (χ0n) is 16.8. The van der Waals surface area contributed by atoms with Crippen molar-refractivity contribution in [2.45, 2.75) is 78.2 Å². The van der Waals surface area contributed by atoms with Gasteiger partial charge in [0.2, 0.25) is 0 Å². The predicted octanol–water partition coefficient (Wildman–Crippen LogP) is -0.0928. The maximum Gasteiger partial charge on any atom is 0.0678 e. The molecule has 0 aromatic rings. The lowest BCUT2D eigenvalue weighted by atomic mass is 10.2. The molecule has 0 fully saturated rings. The summed E-state index contributed by atoms with van der Waals surface area (Å²) in [7, 11) is 0. The third kappa shape index (κ3) is 14.6. The largest absolute Gasteiger partial charge is 0.392 e. The molecule has 7 heteroatoms. The fraction of sp³-hybridized carbons (Fsp3) is 1.00. The van der Waals surface area contributed by atoms with Crippen LogP contribution in [0.1, 0.15) is 41.5 Å². The Bertz CT molecular complexity index is 277. The van der Waals surface area contributed by atoms with Crippen LogP contribution in [0.4, 0.5) is 0 Å². The summed E-state index contributed by atoms with van der Waals surface area (Å²) in [6, 6.07) is 0. The van der Waals surface area contributed by atoms with Crippen molar-refractivity contribution in [2.75, 3.05) is 39.3 Å². The van der Waals surface area contributed by atoms with Crippen molar-refractivity contribution >= 4 is 0 Å². The van der Waals surface area contributed by atoms with Crippen LogP contribution < -0.4 is 0 Å². The fourth-order valence-corrected chi connectivity index (χ4v) is 3.15. The molecule has 0 aliphatic carbocycles. The first kappa shape index (κ1) is 24.7.